The number of amides is 1. The van der Waals surface area contributed by atoms with E-state index >= 15 is 0 Å². The molecule has 0 bridgehead atoms. The lowest BCUT2D eigenvalue weighted by Gasteiger charge is -2.33. The van der Waals surface area contributed by atoms with Gasteiger partial charge in [-0.05, 0) is 12.8 Å². The number of rotatable bonds is 2. The first-order chi connectivity index (χ1) is 6.76. The summed E-state index contributed by atoms with van der Waals surface area (Å²) in [6, 6.07) is 0. The van der Waals surface area contributed by atoms with Crippen LogP contribution in [-0.4, -0.2) is 47.9 Å². The van der Waals surface area contributed by atoms with Crippen LogP contribution in [-0.2, 0) is 9.53 Å². The van der Waals surface area contributed by atoms with Gasteiger partial charge < -0.3 is 9.84 Å². The molecule has 2 aliphatic rings. The van der Waals surface area contributed by atoms with Gasteiger partial charge in [0.25, 0.3) is 0 Å². The van der Waals surface area contributed by atoms with E-state index in [2.05, 4.69) is 5.43 Å². The summed E-state index contributed by atoms with van der Waals surface area (Å²) < 4.78 is 5.27. The van der Waals surface area contributed by atoms with Gasteiger partial charge in [-0.15, -0.1) is 0 Å². The molecule has 1 amide bonds. The summed E-state index contributed by atoms with van der Waals surface area (Å²) >= 11 is 0. The highest BCUT2D eigenvalue weighted by molar-refractivity contribution is 5.79. The van der Waals surface area contributed by atoms with Gasteiger partial charge in [0.2, 0.25) is 5.91 Å². The minimum absolute atomic E-state index is 0.00528. The Balaban J connectivity index is 1.99. The minimum atomic E-state index is -0.0928. The van der Waals surface area contributed by atoms with Crippen molar-refractivity contribution in [1.82, 2.24) is 10.4 Å². The number of hydrazine groups is 1. The Bertz CT molecular complexity index is 226. The van der Waals surface area contributed by atoms with Crippen LogP contribution in [0.3, 0.4) is 0 Å². The predicted octanol–water partition coefficient (Wildman–Crippen LogP) is -0.735. The Morgan fingerprint density at radius 3 is 2.86 bits per heavy atom. The Morgan fingerprint density at radius 1 is 1.50 bits per heavy atom. The van der Waals surface area contributed by atoms with Crippen LogP contribution in [0.15, 0.2) is 0 Å². The molecule has 5 nitrogen and oxygen atoms in total. The van der Waals surface area contributed by atoms with E-state index in [1.165, 1.54) is 5.01 Å². The maximum atomic E-state index is 11.5. The molecule has 1 spiro atoms. The number of hydrogen-bond acceptors (Lipinski definition) is 4. The first-order valence-corrected chi connectivity index (χ1v) is 5.03. The first-order valence-electron chi connectivity index (χ1n) is 5.03. The standard InChI is InChI=1S/C9H16N2O3/c12-4-3-11-8(13)7-9(10-11)1-5-14-6-2-9/h10,12H,1-7H2. The fraction of sp³-hybridized carbons (Fsp3) is 0.889. The summed E-state index contributed by atoms with van der Waals surface area (Å²) in [6.45, 7) is 1.81. The van der Waals surface area contributed by atoms with Crippen molar-refractivity contribution in [2.24, 2.45) is 0 Å². The Hall–Kier alpha value is -0.650. The number of carbonyl (C=O) groups is 1. The van der Waals surface area contributed by atoms with E-state index in [1.807, 2.05) is 0 Å². The van der Waals surface area contributed by atoms with Crippen LogP contribution >= 0.6 is 0 Å². The number of nitrogens with one attached hydrogen (secondary N) is 1. The molecule has 2 fully saturated rings. The van der Waals surface area contributed by atoms with Crippen molar-refractivity contribution in [2.75, 3.05) is 26.4 Å². The second-order valence-corrected chi connectivity index (χ2v) is 3.95. The van der Waals surface area contributed by atoms with Crippen molar-refractivity contribution in [2.45, 2.75) is 24.8 Å². The Kier molecular flexibility index (Phi) is 2.71. The van der Waals surface area contributed by atoms with Gasteiger partial charge in [0.05, 0.1) is 18.7 Å². The SMILES string of the molecule is O=C1CC2(CCOCC2)NN1CCO. The summed E-state index contributed by atoms with van der Waals surface area (Å²) in [7, 11) is 0. The molecule has 2 saturated heterocycles. The molecule has 2 rings (SSSR count). The van der Waals surface area contributed by atoms with Gasteiger partial charge >= 0.3 is 0 Å². The second-order valence-electron chi connectivity index (χ2n) is 3.95. The summed E-state index contributed by atoms with van der Waals surface area (Å²) in [4.78, 5) is 11.5. The van der Waals surface area contributed by atoms with Gasteiger partial charge in [-0.2, -0.15) is 0 Å². The van der Waals surface area contributed by atoms with Crippen LogP contribution in [0.25, 0.3) is 0 Å². The lowest BCUT2D eigenvalue weighted by molar-refractivity contribution is -0.130. The maximum Gasteiger partial charge on any atom is 0.238 e. The largest absolute Gasteiger partial charge is 0.394 e. The lowest BCUT2D eigenvalue weighted by atomic mass is 9.89. The van der Waals surface area contributed by atoms with Gasteiger partial charge in [0.1, 0.15) is 0 Å². The van der Waals surface area contributed by atoms with Crippen LogP contribution in [0, 0.1) is 0 Å². The number of hydrogen-bond donors (Lipinski definition) is 2. The van der Waals surface area contributed by atoms with Crippen molar-refractivity contribution < 1.29 is 14.6 Å². The van der Waals surface area contributed by atoms with E-state index in [-0.39, 0.29) is 18.1 Å². The molecule has 0 aromatic rings. The van der Waals surface area contributed by atoms with E-state index in [0.29, 0.717) is 26.2 Å². The molecular formula is C9H16N2O3. The van der Waals surface area contributed by atoms with Crippen LogP contribution < -0.4 is 5.43 Å². The van der Waals surface area contributed by atoms with E-state index < -0.39 is 0 Å². The molecule has 2 aliphatic heterocycles. The van der Waals surface area contributed by atoms with Gasteiger partial charge in [0.15, 0.2) is 0 Å². The molecule has 0 atom stereocenters. The predicted molar refractivity (Wildman–Crippen MR) is 49.3 cm³/mol. The fourth-order valence-electron chi connectivity index (χ4n) is 2.10. The number of β-amino-alcohol motifs (C(OH)–C–C–N with tert-alkyl or cyclic N) is 1. The zero-order valence-corrected chi connectivity index (χ0v) is 8.16. The van der Waals surface area contributed by atoms with Gasteiger partial charge in [-0.25, -0.2) is 5.43 Å². The Labute approximate surface area is 83.0 Å². The van der Waals surface area contributed by atoms with Crippen molar-refractivity contribution in [1.29, 1.82) is 0 Å². The van der Waals surface area contributed by atoms with E-state index in [1.54, 1.807) is 0 Å². The van der Waals surface area contributed by atoms with E-state index in [0.717, 1.165) is 12.8 Å². The smallest absolute Gasteiger partial charge is 0.238 e. The second kappa shape index (κ2) is 3.84. The van der Waals surface area contributed by atoms with Crippen molar-refractivity contribution in [3.63, 3.8) is 0 Å². The zero-order chi connectivity index (χ0) is 10.0. The molecule has 0 unspecified atom stereocenters. The van der Waals surface area contributed by atoms with Crippen LogP contribution in [0.1, 0.15) is 19.3 Å². The Morgan fingerprint density at radius 2 is 2.21 bits per heavy atom. The van der Waals surface area contributed by atoms with Gasteiger partial charge in [-0.1, -0.05) is 0 Å². The summed E-state index contributed by atoms with van der Waals surface area (Å²) in [5.41, 5.74) is 3.11. The summed E-state index contributed by atoms with van der Waals surface area (Å²) in [5.74, 6) is 0.0842. The molecule has 0 aromatic carbocycles. The molecule has 0 aliphatic carbocycles. The lowest BCUT2D eigenvalue weighted by Crippen LogP contribution is -2.50. The molecule has 0 radical (unpaired) electrons. The number of aliphatic hydroxyl groups excluding tert-OH is 1. The van der Waals surface area contributed by atoms with Crippen molar-refractivity contribution in [3.8, 4) is 0 Å². The van der Waals surface area contributed by atoms with Gasteiger partial charge in [0, 0.05) is 19.6 Å². The number of carbonyl (C=O) groups excluding carboxylic acids is 1. The number of nitrogens with zero attached hydrogens (tertiary/aromatic N) is 1. The number of aliphatic hydroxyl groups is 1. The van der Waals surface area contributed by atoms with Crippen LogP contribution in [0.2, 0.25) is 0 Å². The molecule has 0 aromatic heterocycles. The fourth-order valence-corrected chi connectivity index (χ4v) is 2.10. The molecular weight excluding hydrogens is 184 g/mol. The van der Waals surface area contributed by atoms with Gasteiger partial charge in [-0.3, -0.25) is 9.80 Å². The summed E-state index contributed by atoms with van der Waals surface area (Å²) in [5, 5.41) is 10.3. The monoisotopic (exact) mass is 200 g/mol. The molecule has 80 valence electrons. The highest BCUT2D eigenvalue weighted by atomic mass is 16.5. The van der Waals surface area contributed by atoms with Crippen molar-refractivity contribution >= 4 is 5.91 Å². The van der Waals surface area contributed by atoms with E-state index in [4.69, 9.17) is 9.84 Å². The number of ether oxygens (including phenoxy) is 1. The molecule has 2 heterocycles. The quantitative estimate of drug-likeness (QED) is 0.616. The van der Waals surface area contributed by atoms with Crippen LogP contribution in [0.5, 0.6) is 0 Å². The van der Waals surface area contributed by atoms with E-state index in [9.17, 15) is 4.79 Å². The zero-order valence-electron chi connectivity index (χ0n) is 8.16. The highest BCUT2D eigenvalue weighted by Gasteiger charge is 2.43. The third-order valence-corrected chi connectivity index (χ3v) is 2.94. The van der Waals surface area contributed by atoms with Crippen LogP contribution in [0.4, 0.5) is 0 Å². The van der Waals surface area contributed by atoms with Crippen molar-refractivity contribution in [3.05, 3.63) is 0 Å². The molecule has 0 saturated carbocycles. The molecule has 5 heteroatoms. The minimum Gasteiger partial charge on any atom is -0.394 e. The third-order valence-electron chi connectivity index (χ3n) is 2.94. The summed E-state index contributed by atoms with van der Waals surface area (Å²) in [6.07, 6.45) is 2.29. The molecule has 2 N–H and O–H groups in total. The topological polar surface area (TPSA) is 61.8 Å². The average molecular weight is 200 g/mol. The maximum absolute atomic E-state index is 11.5. The highest BCUT2D eigenvalue weighted by Crippen LogP contribution is 2.29. The first kappa shape index (κ1) is 9.89. The third kappa shape index (κ3) is 1.75. The molecule has 14 heavy (non-hydrogen) atoms. The average Bonchev–Trinajstić information content (AvgIpc) is 2.45. The normalized spacial score (nSPS) is 26.1.